The third kappa shape index (κ3) is 7.46. The molecule has 174 valence electrons. The molecule has 2 amide bonds. The van der Waals surface area contributed by atoms with Gasteiger partial charge in [-0.15, -0.1) is 10.2 Å². The van der Waals surface area contributed by atoms with Gasteiger partial charge in [0, 0.05) is 16.3 Å². The highest BCUT2D eigenvalue weighted by atomic mass is 127. The van der Waals surface area contributed by atoms with E-state index in [9.17, 15) is 9.59 Å². The van der Waals surface area contributed by atoms with Gasteiger partial charge in [0.05, 0.1) is 12.3 Å². The van der Waals surface area contributed by atoms with Gasteiger partial charge in [0.1, 0.15) is 5.75 Å². The molecule has 1 heterocycles. The standard InChI is InChI=1S/C23H26IN5O3S/c1-4-16-5-11-19(12-6-16)32-15(2)22(31)25-13-20-27-28-23(29(20)3)33-14-21(30)26-18-9-7-17(24)8-10-18/h5-12,15H,4,13-14H2,1-3H3,(H,25,31)(H,26,30)/t15-/m0/s1. The van der Waals surface area contributed by atoms with Gasteiger partial charge in [-0.1, -0.05) is 30.8 Å². The van der Waals surface area contributed by atoms with E-state index in [-0.39, 0.29) is 24.1 Å². The maximum absolute atomic E-state index is 12.4. The van der Waals surface area contributed by atoms with Gasteiger partial charge in [-0.3, -0.25) is 9.59 Å². The minimum absolute atomic E-state index is 0.128. The number of benzene rings is 2. The molecule has 0 saturated carbocycles. The molecule has 0 aliphatic rings. The Morgan fingerprint density at radius 1 is 1.12 bits per heavy atom. The summed E-state index contributed by atoms with van der Waals surface area (Å²) in [6.45, 7) is 4.00. The molecule has 0 aliphatic heterocycles. The Bertz CT molecular complexity index is 1090. The summed E-state index contributed by atoms with van der Waals surface area (Å²) in [6, 6.07) is 15.3. The number of carbonyl (C=O) groups is 2. The highest BCUT2D eigenvalue weighted by molar-refractivity contribution is 14.1. The lowest BCUT2D eigenvalue weighted by Gasteiger charge is -2.15. The summed E-state index contributed by atoms with van der Waals surface area (Å²) in [4.78, 5) is 24.6. The molecule has 0 unspecified atom stereocenters. The minimum Gasteiger partial charge on any atom is -0.481 e. The largest absolute Gasteiger partial charge is 0.481 e. The molecule has 1 aromatic heterocycles. The number of nitrogens with one attached hydrogen (secondary N) is 2. The van der Waals surface area contributed by atoms with Crippen molar-refractivity contribution in [3.05, 3.63) is 63.5 Å². The lowest BCUT2D eigenvalue weighted by atomic mass is 10.2. The molecular formula is C23H26IN5O3S. The van der Waals surface area contributed by atoms with Crippen LogP contribution in [0.2, 0.25) is 0 Å². The van der Waals surface area contributed by atoms with Gasteiger partial charge in [-0.25, -0.2) is 0 Å². The predicted molar refractivity (Wildman–Crippen MR) is 137 cm³/mol. The molecule has 0 radical (unpaired) electrons. The number of aromatic nitrogens is 3. The van der Waals surface area contributed by atoms with E-state index in [0.717, 1.165) is 15.7 Å². The number of nitrogens with zero attached hydrogens (tertiary/aromatic N) is 3. The van der Waals surface area contributed by atoms with Crippen molar-refractivity contribution in [3.63, 3.8) is 0 Å². The first kappa shape index (κ1) is 25.0. The first-order valence-corrected chi connectivity index (χ1v) is 12.5. The molecule has 2 N–H and O–H groups in total. The van der Waals surface area contributed by atoms with Gasteiger partial charge in [0.2, 0.25) is 5.91 Å². The Kier molecular flexibility index (Phi) is 9.12. The molecule has 3 rings (SSSR count). The smallest absolute Gasteiger partial charge is 0.261 e. The van der Waals surface area contributed by atoms with E-state index in [0.29, 0.717) is 16.7 Å². The normalized spacial score (nSPS) is 11.6. The monoisotopic (exact) mass is 579 g/mol. The van der Waals surface area contributed by atoms with Crippen LogP contribution in [0.5, 0.6) is 5.75 Å². The first-order valence-electron chi connectivity index (χ1n) is 10.5. The van der Waals surface area contributed by atoms with Crippen molar-refractivity contribution in [2.75, 3.05) is 11.1 Å². The van der Waals surface area contributed by atoms with Crippen LogP contribution in [0.1, 0.15) is 25.2 Å². The average Bonchev–Trinajstić information content (AvgIpc) is 3.17. The zero-order valence-corrected chi connectivity index (χ0v) is 21.6. The summed E-state index contributed by atoms with van der Waals surface area (Å²) < 4.78 is 8.58. The topological polar surface area (TPSA) is 98.1 Å². The number of carbonyl (C=O) groups excluding carboxylic acids is 2. The fourth-order valence-corrected chi connectivity index (χ4v) is 3.95. The molecule has 10 heteroatoms. The molecule has 2 aromatic carbocycles. The summed E-state index contributed by atoms with van der Waals surface area (Å²) >= 11 is 3.50. The van der Waals surface area contributed by atoms with Crippen molar-refractivity contribution in [2.24, 2.45) is 7.05 Å². The molecule has 0 spiro atoms. The molecule has 1 atom stereocenters. The van der Waals surface area contributed by atoms with E-state index >= 15 is 0 Å². The number of aryl methyl sites for hydroxylation is 1. The van der Waals surface area contributed by atoms with Gasteiger partial charge in [-0.2, -0.15) is 0 Å². The Hall–Kier alpha value is -2.60. The van der Waals surface area contributed by atoms with Crippen LogP contribution >= 0.6 is 34.4 Å². The fourth-order valence-electron chi connectivity index (χ4n) is 2.86. The number of anilines is 1. The first-order chi connectivity index (χ1) is 15.9. The number of thioether (sulfide) groups is 1. The van der Waals surface area contributed by atoms with Crippen LogP contribution in [-0.2, 0) is 29.6 Å². The van der Waals surface area contributed by atoms with Gasteiger partial charge in [-0.05, 0) is 77.9 Å². The van der Waals surface area contributed by atoms with Crippen molar-refractivity contribution in [1.29, 1.82) is 0 Å². The second-order valence-corrected chi connectivity index (χ2v) is 9.47. The maximum Gasteiger partial charge on any atom is 0.261 e. The van der Waals surface area contributed by atoms with Gasteiger partial charge >= 0.3 is 0 Å². The summed E-state index contributed by atoms with van der Waals surface area (Å²) in [5.74, 6) is 1.06. The summed E-state index contributed by atoms with van der Waals surface area (Å²) in [5, 5.41) is 14.5. The summed E-state index contributed by atoms with van der Waals surface area (Å²) in [7, 11) is 1.80. The number of hydrogen-bond acceptors (Lipinski definition) is 6. The SMILES string of the molecule is CCc1ccc(O[C@@H](C)C(=O)NCc2nnc(SCC(=O)Nc3ccc(I)cc3)n2C)cc1. The van der Waals surface area contributed by atoms with Crippen LogP contribution < -0.4 is 15.4 Å². The van der Waals surface area contributed by atoms with E-state index in [1.54, 1.807) is 18.5 Å². The lowest BCUT2D eigenvalue weighted by molar-refractivity contribution is -0.127. The third-order valence-electron chi connectivity index (χ3n) is 4.82. The van der Waals surface area contributed by atoms with E-state index < -0.39 is 6.10 Å². The molecule has 8 nitrogen and oxygen atoms in total. The van der Waals surface area contributed by atoms with Crippen LogP contribution in [0, 0.1) is 3.57 Å². The van der Waals surface area contributed by atoms with Crippen LogP contribution in [0.4, 0.5) is 5.69 Å². The number of halogens is 1. The van der Waals surface area contributed by atoms with Crippen molar-refractivity contribution in [2.45, 2.75) is 38.1 Å². The molecule has 0 bridgehead atoms. The van der Waals surface area contributed by atoms with Crippen molar-refractivity contribution in [1.82, 2.24) is 20.1 Å². The van der Waals surface area contributed by atoms with Crippen LogP contribution in [0.15, 0.2) is 53.7 Å². The number of rotatable bonds is 10. The second kappa shape index (κ2) is 12.0. The van der Waals surface area contributed by atoms with Crippen LogP contribution in [0.3, 0.4) is 0 Å². The number of amides is 2. The highest BCUT2D eigenvalue weighted by Gasteiger charge is 2.17. The van der Waals surface area contributed by atoms with E-state index in [1.807, 2.05) is 48.5 Å². The van der Waals surface area contributed by atoms with E-state index in [4.69, 9.17) is 4.74 Å². The molecule has 0 saturated heterocycles. The quantitative estimate of drug-likeness (QED) is 0.280. The predicted octanol–water partition coefficient (Wildman–Crippen LogP) is 3.80. The summed E-state index contributed by atoms with van der Waals surface area (Å²) in [5.41, 5.74) is 1.96. The molecule has 33 heavy (non-hydrogen) atoms. The highest BCUT2D eigenvalue weighted by Crippen LogP contribution is 2.17. The number of hydrogen-bond donors (Lipinski definition) is 2. The number of ether oxygens (including phenoxy) is 1. The van der Waals surface area contributed by atoms with Gasteiger partial charge < -0.3 is 19.9 Å². The Morgan fingerprint density at radius 3 is 2.48 bits per heavy atom. The van der Waals surface area contributed by atoms with Crippen molar-refractivity contribution < 1.29 is 14.3 Å². The zero-order chi connectivity index (χ0) is 23.8. The van der Waals surface area contributed by atoms with Crippen molar-refractivity contribution in [3.8, 4) is 5.75 Å². The van der Waals surface area contributed by atoms with E-state index in [1.165, 1.54) is 17.3 Å². The Labute approximate surface area is 211 Å². The van der Waals surface area contributed by atoms with Crippen LogP contribution in [0.25, 0.3) is 0 Å². The fraction of sp³-hybridized carbons (Fsp3) is 0.304. The Morgan fingerprint density at radius 2 is 1.82 bits per heavy atom. The third-order valence-corrected chi connectivity index (χ3v) is 6.56. The Balaban J connectivity index is 1.46. The molecular weight excluding hydrogens is 553 g/mol. The lowest BCUT2D eigenvalue weighted by Crippen LogP contribution is -2.36. The average molecular weight is 579 g/mol. The maximum atomic E-state index is 12.4. The van der Waals surface area contributed by atoms with Gasteiger partial charge in [0.15, 0.2) is 17.1 Å². The summed E-state index contributed by atoms with van der Waals surface area (Å²) in [6.07, 6.45) is 0.301. The second-order valence-electron chi connectivity index (χ2n) is 7.28. The molecule has 0 fully saturated rings. The van der Waals surface area contributed by atoms with Crippen LogP contribution in [-0.4, -0.2) is 38.4 Å². The molecule has 3 aromatic rings. The molecule has 0 aliphatic carbocycles. The zero-order valence-electron chi connectivity index (χ0n) is 18.7. The van der Waals surface area contributed by atoms with Crippen molar-refractivity contribution >= 4 is 51.9 Å². The van der Waals surface area contributed by atoms with Gasteiger partial charge in [0.25, 0.3) is 5.91 Å². The van der Waals surface area contributed by atoms with E-state index in [2.05, 4.69) is 50.3 Å². The minimum atomic E-state index is -0.649.